The van der Waals surface area contributed by atoms with Crippen LogP contribution in [0.5, 0.6) is 0 Å². The number of allylic oxidation sites excluding steroid dienone is 4. The number of carbonyl (C=O) groups is 1. The van der Waals surface area contributed by atoms with Crippen molar-refractivity contribution in [1.82, 2.24) is 25.4 Å². The summed E-state index contributed by atoms with van der Waals surface area (Å²) in [6, 6.07) is 3.34. The van der Waals surface area contributed by atoms with Crippen molar-refractivity contribution in [3.8, 4) is 0 Å². The lowest BCUT2D eigenvalue weighted by Gasteiger charge is -2.08. The number of amides is 2. The second-order valence-corrected chi connectivity index (χ2v) is 4.64. The molecule has 0 aliphatic carbocycles. The summed E-state index contributed by atoms with van der Waals surface area (Å²) in [5.41, 5.74) is 1.12. The molecule has 6 nitrogen and oxygen atoms in total. The summed E-state index contributed by atoms with van der Waals surface area (Å²) < 4.78 is 14.8. The maximum absolute atomic E-state index is 13.1. The van der Waals surface area contributed by atoms with Crippen molar-refractivity contribution in [2.24, 2.45) is 0 Å². The van der Waals surface area contributed by atoms with Crippen LogP contribution in [0.4, 0.5) is 9.18 Å². The van der Waals surface area contributed by atoms with Crippen molar-refractivity contribution in [2.45, 2.75) is 13.5 Å². The van der Waals surface area contributed by atoms with Crippen LogP contribution in [0.25, 0.3) is 11.0 Å². The number of nitrogens with zero attached hydrogens (tertiary/aromatic N) is 3. The van der Waals surface area contributed by atoms with E-state index in [-0.39, 0.29) is 0 Å². The molecule has 7 heteroatoms. The van der Waals surface area contributed by atoms with E-state index in [2.05, 4.69) is 27.3 Å². The number of hydrogen-bond acceptors (Lipinski definition) is 3. The van der Waals surface area contributed by atoms with E-state index in [0.29, 0.717) is 18.8 Å². The van der Waals surface area contributed by atoms with Crippen LogP contribution in [0.2, 0.25) is 0 Å². The molecule has 0 saturated heterocycles. The summed E-state index contributed by atoms with van der Waals surface area (Å²) in [6.07, 6.45) is 7.27. The smallest absolute Gasteiger partial charge is 0.319 e. The van der Waals surface area contributed by atoms with Gasteiger partial charge in [0.25, 0.3) is 0 Å². The average molecular weight is 315 g/mol. The maximum atomic E-state index is 13.1. The van der Waals surface area contributed by atoms with Gasteiger partial charge in [-0.3, -0.25) is 0 Å². The highest BCUT2D eigenvalue weighted by molar-refractivity contribution is 5.76. The molecule has 120 valence electrons. The number of urea groups is 1. The van der Waals surface area contributed by atoms with Crippen LogP contribution in [0, 0.1) is 0 Å². The van der Waals surface area contributed by atoms with Crippen molar-refractivity contribution in [2.75, 3.05) is 6.54 Å². The molecule has 0 atom stereocenters. The molecule has 0 fully saturated rings. The van der Waals surface area contributed by atoms with E-state index in [4.69, 9.17) is 0 Å². The van der Waals surface area contributed by atoms with Crippen LogP contribution in [-0.2, 0) is 6.54 Å². The molecule has 2 amide bonds. The molecule has 0 aliphatic heterocycles. The van der Waals surface area contributed by atoms with Crippen LogP contribution in [-0.4, -0.2) is 27.3 Å². The third kappa shape index (κ3) is 4.50. The van der Waals surface area contributed by atoms with Crippen molar-refractivity contribution >= 4 is 17.1 Å². The third-order valence-electron chi connectivity index (χ3n) is 3.06. The van der Waals surface area contributed by atoms with Gasteiger partial charge in [0.1, 0.15) is 5.83 Å². The number of halogens is 1. The molecule has 0 bridgehead atoms. The molecular weight excluding hydrogens is 297 g/mol. The highest BCUT2D eigenvalue weighted by atomic mass is 19.1. The molecule has 0 spiro atoms. The normalized spacial score (nSPS) is 12.3. The molecule has 0 saturated carbocycles. The molecule has 2 N–H and O–H groups in total. The van der Waals surface area contributed by atoms with Crippen LogP contribution >= 0.6 is 0 Å². The van der Waals surface area contributed by atoms with Gasteiger partial charge >= 0.3 is 6.03 Å². The Morgan fingerprint density at radius 2 is 2.35 bits per heavy atom. The number of aromatic nitrogens is 3. The van der Waals surface area contributed by atoms with Crippen molar-refractivity contribution < 1.29 is 9.18 Å². The lowest BCUT2D eigenvalue weighted by molar-refractivity contribution is 0.243. The molecule has 0 aliphatic rings. The summed E-state index contributed by atoms with van der Waals surface area (Å²) in [4.78, 5) is 16.0. The molecule has 0 radical (unpaired) electrons. The lowest BCUT2D eigenvalue weighted by Crippen LogP contribution is -2.36. The number of hydrogen-bond donors (Lipinski definition) is 2. The van der Waals surface area contributed by atoms with E-state index < -0.39 is 11.9 Å². The summed E-state index contributed by atoms with van der Waals surface area (Å²) in [5.74, 6) is -0.521. The average Bonchev–Trinajstić information content (AvgIpc) is 2.97. The van der Waals surface area contributed by atoms with Crippen molar-refractivity contribution in [3.05, 3.63) is 60.9 Å². The second kappa shape index (κ2) is 7.88. The molecule has 2 heterocycles. The zero-order valence-corrected chi connectivity index (χ0v) is 12.8. The van der Waals surface area contributed by atoms with Gasteiger partial charge in [-0.1, -0.05) is 12.7 Å². The highest BCUT2D eigenvalue weighted by Gasteiger charge is 2.05. The first-order valence-corrected chi connectivity index (χ1v) is 7.11. The molecular formula is C16H18FN5O. The molecule has 23 heavy (non-hydrogen) atoms. The number of carbonyl (C=O) groups excluding carboxylic acids is 1. The van der Waals surface area contributed by atoms with Crippen LogP contribution in [0.15, 0.2) is 60.9 Å². The Morgan fingerprint density at radius 1 is 1.52 bits per heavy atom. The Hall–Kier alpha value is -2.96. The summed E-state index contributed by atoms with van der Waals surface area (Å²) in [7, 11) is 0. The zero-order valence-electron chi connectivity index (χ0n) is 12.8. The quantitative estimate of drug-likeness (QED) is 0.805. The van der Waals surface area contributed by atoms with E-state index in [1.165, 1.54) is 6.08 Å². The van der Waals surface area contributed by atoms with E-state index in [1.807, 2.05) is 12.1 Å². The summed E-state index contributed by atoms with van der Waals surface area (Å²) >= 11 is 0. The first-order chi connectivity index (χ1) is 11.1. The fourth-order valence-corrected chi connectivity index (χ4v) is 1.93. The highest BCUT2D eigenvalue weighted by Crippen LogP contribution is 2.08. The summed E-state index contributed by atoms with van der Waals surface area (Å²) in [6.45, 7) is 5.86. The van der Waals surface area contributed by atoms with Gasteiger partial charge in [0.05, 0.1) is 12.7 Å². The minimum absolute atomic E-state index is 0.353. The second-order valence-electron chi connectivity index (χ2n) is 4.64. The topological polar surface area (TPSA) is 71.8 Å². The van der Waals surface area contributed by atoms with Gasteiger partial charge in [-0.05, 0) is 31.2 Å². The summed E-state index contributed by atoms with van der Waals surface area (Å²) in [5, 5.41) is 10.4. The number of pyridine rings is 1. The van der Waals surface area contributed by atoms with Crippen LogP contribution < -0.4 is 10.6 Å². The van der Waals surface area contributed by atoms with Gasteiger partial charge < -0.3 is 10.6 Å². The minimum Gasteiger partial charge on any atom is -0.336 e. The van der Waals surface area contributed by atoms with E-state index in [1.54, 1.807) is 30.1 Å². The first kappa shape index (κ1) is 16.4. The van der Waals surface area contributed by atoms with Gasteiger partial charge in [0.15, 0.2) is 5.65 Å². The van der Waals surface area contributed by atoms with Crippen LogP contribution in [0.1, 0.15) is 6.92 Å². The molecule has 2 rings (SSSR count). The number of fused-ring (bicyclic) bond motifs is 1. The van der Waals surface area contributed by atoms with Gasteiger partial charge in [0, 0.05) is 23.8 Å². The first-order valence-electron chi connectivity index (χ1n) is 7.11. The van der Waals surface area contributed by atoms with Gasteiger partial charge in [-0.25, -0.2) is 18.9 Å². The Labute approximate surface area is 133 Å². The Balaban J connectivity index is 1.86. The maximum Gasteiger partial charge on any atom is 0.319 e. The van der Waals surface area contributed by atoms with E-state index >= 15 is 0 Å². The predicted molar refractivity (Wildman–Crippen MR) is 87.2 cm³/mol. The Bertz CT molecular complexity index is 763. The predicted octanol–water partition coefficient (Wildman–Crippen LogP) is 2.67. The van der Waals surface area contributed by atoms with Gasteiger partial charge in [-0.2, -0.15) is 5.10 Å². The van der Waals surface area contributed by atoms with E-state index in [0.717, 1.165) is 17.1 Å². The SMILES string of the molecule is C=C/C(F)=C\C(=C/C)NC(=O)NCCn1ncc2cccnc21. The standard InChI is InChI=1S/C16H18FN5O/c1-3-13(17)10-14(4-2)21-16(23)19-8-9-22-15-12(11-20-22)6-5-7-18-15/h3-7,10-11H,1,8-9H2,2H3,(H2,19,21,23)/b13-10+,14-4+. The fourth-order valence-electron chi connectivity index (χ4n) is 1.93. The van der Waals surface area contributed by atoms with E-state index in [9.17, 15) is 9.18 Å². The number of rotatable bonds is 6. The number of nitrogens with one attached hydrogen (secondary N) is 2. The zero-order chi connectivity index (χ0) is 16.7. The fraction of sp³-hybridized carbons (Fsp3) is 0.188. The van der Waals surface area contributed by atoms with Crippen molar-refractivity contribution in [1.29, 1.82) is 0 Å². The Kier molecular flexibility index (Phi) is 5.62. The Morgan fingerprint density at radius 3 is 3.09 bits per heavy atom. The molecule has 0 aromatic carbocycles. The van der Waals surface area contributed by atoms with Crippen LogP contribution in [0.3, 0.4) is 0 Å². The van der Waals surface area contributed by atoms with Crippen molar-refractivity contribution in [3.63, 3.8) is 0 Å². The molecule has 0 unspecified atom stereocenters. The monoisotopic (exact) mass is 315 g/mol. The van der Waals surface area contributed by atoms with Gasteiger partial charge in [-0.15, -0.1) is 0 Å². The molecule has 2 aromatic heterocycles. The minimum atomic E-state index is -0.521. The largest absolute Gasteiger partial charge is 0.336 e. The lowest BCUT2D eigenvalue weighted by atomic mass is 10.3. The van der Waals surface area contributed by atoms with Gasteiger partial charge in [0.2, 0.25) is 0 Å². The third-order valence-corrected chi connectivity index (χ3v) is 3.06. The molecule has 2 aromatic rings.